The first-order valence-corrected chi connectivity index (χ1v) is 7.35. The first kappa shape index (κ1) is 16.4. The molecule has 0 aromatic carbocycles. The van der Waals surface area contributed by atoms with Crippen LogP contribution in [0, 0.1) is 0 Å². The van der Waals surface area contributed by atoms with Gasteiger partial charge in [-0.2, -0.15) is 0 Å². The first-order chi connectivity index (χ1) is 8.93. The van der Waals surface area contributed by atoms with Crippen LogP contribution in [0.5, 0.6) is 0 Å². The van der Waals surface area contributed by atoms with Crippen LogP contribution >= 0.6 is 0 Å². The molecule has 0 bridgehead atoms. The molecule has 1 aliphatic rings. The van der Waals surface area contributed by atoms with E-state index in [0.29, 0.717) is 6.54 Å². The third kappa shape index (κ3) is 6.89. The Morgan fingerprint density at radius 1 is 1.37 bits per heavy atom. The highest BCUT2D eigenvalue weighted by molar-refractivity contribution is 5.78. The fourth-order valence-electron chi connectivity index (χ4n) is 2.08. The molecule has 0 aromatic heterocycles. The van der Waals surface area contributed by atoms with E-state index < -0.39 is 0 Å². The van der Waals surface area contributed by atoms with Gasteiger partial charge in [0.2, 0.25) is 5.91 Å². The van der Waals surface area contributed by atoms with Gasteiger partial charge >= 0.3 is 0 Å². The Labute approximate surface area is 117 Å². The lowest BCUT2D eigenvalue weighted by atomic mass is 10.0. The van der Waals surface area contributed by atoms with Crippen molar-refractivity contribution in [2.24, 2.45) is 0 Å². The third-order valence-corrected chi connectivity index (χ3v) is 3.78. The lowest BCUT2D eigenvalue weighted by Gasteiger charge is -2.29. The van der Waals surface area contributed by atoms with Crippen molar-refractivity contribution in [3.8, 4) is 0 Å². The van der Waals surface area contributed by atoms with Gasteiger partial charge < -0.3 is 10.6 Å². The van der Waals surface area contributed by atoms with Crippen molar-refractivity contribution >= 4 is 5.91 Å². The minimum atomic E-state index is -0.101. The number of amides is 1. The average Bonchev–Trinajstić information content (AvgIpc) is 2.37. The molecule has 1 aliphatic heterocycles. The van der Waals surface area contributed by atoms with Gasteiger partial charge in [-0.15, -0.1) is 0 Å². The quantitative estimate of drug-likeness (QED) is 0.690. The fourth-order valence-corrected chi connectivity index (χ4v) is 2.08. The minimum Gasteiger partial charge on any atom is -0.350 e. The van der Waals surface area contributed by atoms with Gasteiger partial charge in [0.05, 0.1) is 6.54 Å². The zero-order valence-electron chi connectivity index (χ0n) is 13.0. The molecule has 0 aromatic rings. The molecule has 0 spiro atoms. The Hall–Kier alpha value is -0.650. The highest BCUT2D eigenvalue weighted by Crippen LogP contribution is 2.06. The maximum absolute atomic E-state index is 11.9. The van der Waals surface area contributed by atoms with E-state index in [1.807, 2.05) is 7.05 Å². The first-order valence-electron chi connectivity index (χ1n) is 7.35. The molecule has 1 rings (SSSR count). The number of nitrogens with one attached hydrogen (secondary N) is 2. The third-order valence-electron chi connectivity index (χ3n) is 3.78. The Balaban J connectivity index is 2.19. The molecular formula is C14H30N4O. The predicted octanol–water partition coefficient (Wildman–Crippen LogP) is 0.128. The largest absolute Gasteiger partial charge is 0.350 e. The molecule has 1 saturated heterocycles. The van der Waals surface area contributed by atoms with Crippen molar-refractivity contribution in [2.75, 3.05) is 52.9 Å². The van der Waals surface area contributed by atoms with Crippen molar-refractivity contribution in [1.82, 2.24) is 20.4 Å². The van der Waals surface area contributed by atoms with Crippen molar-refractivity contribution < 1.29 is 4.79 Å². The topological polar surface area (TPSA) is 47.6 Å². The minimum absolute atomic E-state index is 0.101. The SMILES string of the molecule is CCC(C)(C)NC(=O)CN(C)CCN1CCNCC1. The zero-order valence-corrected chi connectivity index (χ0v) is 13.0. The number of rotatable bonds is 7. The van der Waals surface area contributed by atoms with Gasteiger partial charge in [-0.25, -0.2) is 0 Å². The van der Waals surface area contributed by atoms with Crippen LogP contribution in [-0.2, 0) is 4.79 Å². The summed E-state index contributed by atoms with van der Waals surface area (Å²) in [6.07, 6.45) is 0.948. The van der Waals surface area contributed by atoms with E-state index >= 15 is 0 Å². The van der Waals surface area contributed by atoms with Crippen molar-refractivity contribution in [3.05, 3.63) is 0 Å². The molecule has 2 N–H and O–H groups in total. The maximum Gasteiger partial charge on any atom is 0.234 e. The molecule has 0 atom stereocenters. The molecular weight excluding hydrogens is 240 g/mol. The lowest BCUT2D eigenvalue weighted by Crippen LogP contribution is -2.49. The number of carbonyl (C=O) groups excluding carboxylic acids is 1. The summed E-state index contributed by atoms with van der Waals surface area (Å²) in [6.45, 7) is 13.1. The maximum atomic E-state index is 11.9. The molecule has 1 fully saturated rings. The number of hydrogen-bond acceptors (Lipinski definition) is 4. The molecule has 1 amide bonds. The molecule has 1 heterocycles. The van der Waals surface area contributed by atoms with Gasteiger partial charge in [0.25, 0.3) is 0 Å². The van der Waals surface area contributed by atoms with Gasteiger partial charge in [-0.05, 0) is 27.3 Å². The summed E-state index contributed by atoms with van der Waals surface area (Å²) in [7, 11) is 2.01. The molecule has 0 saturated carbocycles. The van der Waals surface area contributed by atoms with Crippen LogP contribution in [0.3, 0.4) is 0 Å². The summed E-state index contributed by atoms with van der Waals surface area (Å²) in [5.41, 5.74) is -0.101. The standard InChI is InChI=1S/C14H30N4O/c1-5-14(2,3)16-13(19)12-17(4)10-11-18-8-6-15-7-9-18/h15H,5-12H2,1-4H3,(H,16,19). The Bertz CT molecular complexity index is 275. The number of hydrogen-bond donors (Lipinski definition) is 2. The molecule has 112 valence electrons. The van der Waals surface area contributed by atoms with E-state index in [1.165, 1.54) is 0 Å². The second-order valence-corrected chi connectivity index (χ2v) is 6.12. The van der Waals surface area contributed by atoms with Crippen LogP contribution in [0.25, 0.3) is 0 Å². The molecule has 19 heavy (non-hydrogen) atoms. The number of piperazine rings is 1. The van der Waals surface area contributed by atoms with Crippen LogP contribution in [0.2, 0.25) is 0 Å². The van der Waals surface area contributed by atoms with Crippen LogP contribution < -0.4 is 10.6 Å². The van der Waals surface area contributed by atoms with Crippen molar-refractivity contribution in [2.45, 2.75) is 32.7 Å². The highest BCUT2D eigenvalue weighted by Gasteiger charge is 2.18. The second kappa shape index (κ2) is 7.82. The number of carbonyl (C=O) groups is 1. The lowest BCUT2D eigenvalue weighted by molar-refractivity contribution is -0.123. The van der Waals surface area contributed by atoms with Gasteiger partial charge in [-0.1, -0.05) is 6.92 Å². The Morgan fingerprint density at radius 2 is 2.00 bits per heavy atom. The summed E-state index contributed by atoms with van der Waals surface area (Å²) in [4.78, 5) is 16.4. The van der Waals surface area contributed by atoms with E-state index in [-0.39, 0.29) is 11.4 Å². The van der Waals surface area contributed by atoms with Crippen LogP contribution in [0.15, 0.2) is 0 Å². The predicted molar refractivity (Wildman–Crippen MR) is 79.3 cm³/mol. The summed E-state index contributed by atoms with van der Waals surface area (Å²) >= 11 is 0. The van der Waals surface area contributed by atoms with E-state index in [1.54, 1.807) is 0 Å². The van der Waals surface area contributed by atoms with Crippen molar-refractivity contribution in [3.63, 3.8) is 0 Å². The van der Waals surface area contributed by atoms with Crippen LogP contribution in [0.1, 0.15) is 27.2 Å². The molecule has 5 heteroatoms. The molecule has 0 radical (unpaired) electrons. The van der Waals surface area contributed by atoms with E-state index in [2.05, 4.69) is 41.2 Å². The van der Waals surface area contributed by atoms with Crippen LogP contribution in [0.4, 0.5) is 0 Å². The summed E-state index contributed by atoms with van der Waals surface area (Å²) in [5.74, 6) is 0.120. The second-order valence-electron chi connectivity index (χ2n) is 6.12. The molecule has 5 nitrogen and oxygen atoms in total. The Morgan fingerprint density at radius 3 is 2.58 bits per heavy atom. The average molecular weight is 270 g/mol. The molecule has 0 aliphatic carbocycles. The number of nitrogens with zero attached hydrogens (tertiary/aromatic N) is 2. The van der Waals surface area contributed by atoms with Gasteiger partial charge in [0.1, 0.15) is 0 Å². The monoisotopic (exact) mass is 270 g/mol. The normalized spacial score (nSPS) is 17.7. The van der Waals surface area contributed by atoms with Gasteiger partial charge in [0, 0.05) is 44.8 Å². The highest BCUT2D eigenvalue weighted by atomic mass is 16.2. The smallest absolute Gasteiger partial charge is 0.234 e. The molecule has 0 unspecified atom stereocenters. The van der Waals surface area contributed by atoms with E-state index in [9.17, 15) is 4.79 Å². The Kier molecular flexibility index (Phi) is 6.75. The summed E-state index contributed by atoms with van der Waals surface area (Å²) < 4.78 is 0. The van der Waals surface area contributed by atoms with Gasteiger partial charge in [0.15, 0.2) is 0 Å². The van der Waals surface area contributed by atoms with E-state index in [0.717, 1.165) is 45.7 Å². The summed E-state index contributed by atoms with van der Waals surface area (Å²) in [5, 5.41) is 6.42. The van der Waals surface area contributed by atoms with Crippen molar-refractivity contribution in [1.29, 1.82) is 0 Å². The zero-order chi connectivity index (χ0) is 14.3. The van der Waals surface area contributed by atoms with E-state index in [4.69, 9.17) is 0 Å². The summed E-state index contributed by atoms with van der Waals surface area (Å²) in [6, 6.07) is 0. The van der Waals surface area contributed by atoms with Gasteiger partial charge in [-0.3, -0.25) is 14.6 Å². The fraction of sp³-hybridized carbons (Fsp3) is 0.929. The van der Waals surface area contributed by atoms with Crippen LogP contribution in [-0.4, -0.2) is 74.1 Å². The number of likely N-dealkylation sites (N-methyl/N-ethyl adjacent to an activating group) is 1.